The maximum Gasteiger partial charge on any atom is -0.0162 e. The molecule has 0 heterocycles. The van der Waals surface area contributed by atoms with Crippen molar-refractivity contribution < 1.29 is 0 Å². The number of allylic oxidation sites excluding steroid dienone is 2. The maximum atomic E-state index is 2.54. The van der Waals surface area contributed by atoms with Gasteiger partial charge in [0.15, 0.2) is 0 Å². The number of hydrogen-bond acceptors (Lipinski definition) is 0. The van der Waals surface area contributed by atoms with E-state index in [0.717, 1.165) is 17.8 Å². The lowest BCUT2D eigenvalue weighted by molar-refractivity contribution is 0.302. The smallest absolute Gasteiger partial charge is 0.0162 e. The minimum absolute atomic E-state index is 0.780. The highest BCUT2D eigenvalue weighted by molar-refractivity contribution is 5.71. The van der Waals surface area contributed by atoms with Crippen LogP contribution in [-0.2, 0) is 0 Å². The summed E-state index contributed by atoms with van der Waals surface area (Å²) < 4.78 is 0. The minimum atomic E-state index is 0.780. The van der Waals surface area contributed by atoms with Gasteiger partial charge in [-0.2, -0.15) is 0 Å². The van der Waals surface area contributed by atoms with E-state index in [9.17, 15) is 0 Å². The first kappa shape index (κ1) is 27.2. The molecule has 0 aromatic heterocycles. The molecule has 0 amide bonds. The summed E-state index contributed by atoms with van der Waals surface area (Å²) in [5.41, 5.74) is 7.29. The fraction of sp³-hybridized carbons (Fsp3) is 0.611. The molecule has 2 aliphatic rings. The number of benzene rings is 2. The van der Waals surface area contributed by atoms with Crippen LogP contribution in [0.3, 0.4) is 0 Å². The summed E-state index contributed by atoms with van der Waals surface area (Å²) in [5, 5.41) is 0. The molecule has 0 spiro atoms. The Labute approximate surface area is 223 Å². The zero-order valence-corrected chi connectivity index (χ0v) is 23.4. The van der Waals surface area contributed by atoms with Crippen LogP contribution in [0.1, 0.15) is 140 Å². The largest absolute Gasteiger partial charge is 0.0804 e. The summed E-state index contributed by atoms with van der Waals surface area (Å²) >= 11 is 0. The Morgan fingerprint density at radius 2 is 1.11 bits per heavy atom. The third kappa shape index (κ3) is 8.09. The Kier molecular flexibility index (Phi) is 11.2. The molecule has 2 aromatic carbocycles. The Morgan fingerprint density at radius 1 is 0.556 bits per heavy atom. The second-order valence-electron chi connectivity index (χ2n) is 12.0. The van der Waals surface area contributed by atoms with Crippen LogP contribution in [0.4, 0.5) is 0 Å². The van der Waals surface area contributed by atoms with Crippen molar-refractivity contribution in [1.82, 2.24) is 0 Å². The van der Waals surface area contributed by atoms with Crippen LogP contribution in [0.15, 0.2) is 54.6 Å². The van der Waals surface area contributed by atoms with Gasteiger partial charge in [-0.25, -0.2) is 0 Å². The van der Waals surface area contributed by atoms with Crippen molar-refractivity contribution in [2.24, 2.45) is 11.8 Å². The molecule has 0 radical (unpaired) electrons. The van der Waals surface area contributed by atoms with Gasteiger partial charge in [0.2, 0.25) is 0 Å². The normalized spacial score (nSPS) is 22.4. The molecule has 0 N–H and O–H groups in total. The van der Waals surface area contributed by atoms with Crippen LogP contribution in [0.5, 0.6) is 0 Å². The van der Waals surface area contributed by atoms with Gasteiger partial charge in [-0.3, -0.25) is 0 Å². The lowest BCUT2D eigenvalue weighted by Gasteiger charge is -2.29. The standard InChI is InChI=1S/C36H52/c1-3-5-7-9-11-29-13-17-31(18-14-29)33-21-25-35(26-22-33)36-27-23-34(24-28-36)32-19-15-30(16-20-32)12-10-8-6-4-2/h17,21-30,32H,3-16,18-20H2,1-2H3. The van der Waals surface area contributed by atoms with Gasteiger partial charge in [-0.15, -0.1) is 0 Å². The van der Waals surface area contributed by atoms with Gasteiger partial charge >= 0.3 is 0 Å². The molecule has 2 aromatic rings. The Balaban J connectivity index is 1.24. The molecular weight excluding hydrogens is 432 g/mol. The van der Waals surface area contributed by atoms with Crippen LogP contribution in [-0.4, -0.2) is 0 Å². The number of hydrogen-bond donors (Lipinski definition) is 0. The van der Waals surface area contributed by atoms with Crippen molar-refractivity contribution in [3.05, 3.63) is 65.7 Å². The first-order valence-corrected chi connectivity index (χ1v) is 15.7. The predicted octanol–water partition coefficient (Wildman–Crippen LogP) is 11.8. The Bertz CT molecular complexity index is 892. The molecule has 0 nitrogen and oxygen atoms in total. The highest BCUT2D eigenvalue weighted by atomic mass is 14.3. The lowest BCUT2D eigenvalue weighted by Crippen LogP contribution is -2.13. The molecule has 0 bridgehead atoms. The average Bonchev–Trinajstić information content (AvgIpc) is 2.94. The van der Waals surface area contributed by atoms with Gasteiger partial charge in [0.1, 0.15) is 0 Å². The van der Waals surface area contributed by atoms with Gasteiger partial charge in [0.25, 0.3) is 0 Å². The fourth-order valence-corrected chi connectivity index (χ4v) is 6.74. The van der Waals surface area contributed by atoms with Crippen molar-refractivity contribution in [2.45, 2.75) is 129 Å². The summed E-state index contributed by atoms with van der Waals surface area (Å²) in [4.78, 5) is 0. The molecular formula is C36H52. The molecule has 1 atom stereocenters. The zero-order chi connectivity index (χ0) is 25.0. The third-order valence-electron chi connectivity index (χ3n) is 9.27. The van der Waals surface area contributed by atoms with E-state index >= 15 is 0 Å². The lowest BCUT2D eigenvalue weighted by atomic mass is 9.77. The van der Waals surface area contributed by atoms with Gasteiger partial charge in [-0.05, 0) is 90.5 Å². The topological polar surface area (TPSA) is 0 Å². The second kappa shape index (κ2) is 14.8. The molecule has 1 saturated carbocycles. The van der Waals surface area contributed by atoms with E-state index in [4.69, 9.17) is 0 Å². The van der Waals surface area contributed by atoms with Crippen molar-refractivity contribution in [1.29, 1.82) is 0 Å². The molecule has 36 heavy (non-hydrogen) atoms. The quantitative estimate of drug-likeness (QED) is 0.248. The van der Waals surface area contributed by atoms with Crippen LogP contribution in [0.2, 0.25) is 0 Å². The van der Waals surface area contributed by atoms with Crippen LogP contribution in [0, 0.1) is 11.8 Å². The molecule has 0 heteroatoms. The molecule has 4 rings (SSSR count). The van der Waals surface area contributed by atoms with E-state index in [1.165, 1.54) is 126 Å². The monoisotopic (exact) mass is 484 g/mol. The third-order valence-corrected chi connectivity index (χ3v) is 9.27. The van der Waals surface area contributed by atoms with Gasteiger partial charge in [0.05, 0.1) is 0 Å². The van der Waals surface area contributed by atoms with Gasteiger partial charge in [0, 0.05) is 0 Å². The van der Waals surface area contributed by atoms with Crippen LogP contribution < -0.4 is 0 Å². The predicted molar refractivity (Wildman–Crippen MR) is 159 cm³/mol. The van der Waals surface area contributed by atoms with E-state index in [2.05, 4.69) is 68.5 Å². The average molecular weight is 485 g/mol. The summed E-state index contributed by atoms with van der Waals surface area (Å²) in [6, 6.07) is 19.0. The van der Waals surface area contributed by atoms with E-state index in [1.54, 1.807) is 11.1 Å². The minimum Gasteiger partial charge on any atom is -0.0804 e. The van der Waals surface area contributed by atoms with Crippen LogP contribution in [0.25, 0.3) is 16.7 Å². The SMILES string of the molecule is CCCCCCC1CC=C(c2ccc(-c3ccc(C4CCC(CCCCCC)CC4)cc3)cc2)CC1. The van der Waals surface area contributed by atoms with E-state index in [0.29, 0.717) is 0 Å². The maximum absolute atomic E-state index is 2.54. The Hall–Kier alpha value is -1.82. The van der Waals surface area contributed by atoms with Crippen molar-refractivity contribution in [3.8, 4) is 11.1 Å². The molecule has 1 fully saturated rings. The first-order valence-electron chi connectivity index (χ1n) is 15.7. The van der Waals surface area contributed by atoms with Crippen molar-refractivity contribution >= 4 is 5.57 Å². The van der Waals surface area contributed by atoms with Crippen LogP contribution >= 0.6 is 0 Å². The highest BCUT2D eigenvalue weighted by Crippen LogP contribution is 2.39. The summed E-state index contributed by atoms with van der Waals surface area (Å²) in [5.74, 6) is 2.69. The van der Waals surface area contributed by atoms with Crippen molar-refractivity contribution in [3.63, 3.8) is 0 Å². The van der Waals surface area contributed by atoms with Gasteiger partial charge in [-0.1, -0.05) is 133 Å². The van der Waals surface area contributed by atoms with Crippen molar-refractivity contribution in [2.75, 3.05) is 0 Å². The summed E-state index contributed by atoms with van der Waals surface area (Å²) in [6.45, 7) is 4.61. The molecule has 1 unspecified atom stereocenters. The molecule has 0 saturated heterocycles. The summed E-state index contributed by atoms with van der Waals surface area (Å²) in [6.07, 6.45) is 26.3. The Morgan fingerprint density at radius 3 is 1.67 bits per heavy atom. The zero-order valence-electron chi connectivity index (χ0n) is 23.4. The highest BCUT2D eigenvalue weighted by Gasteiger charge is 2.22. The fourth-order valence-electron chi connectivity index (χ4n) is 6.74. The molecule has 2 aliphatic carbocycles. The summed E-state index contributed by atoms with van der Waals surface area (Å²) in [7, 11) is 0. The van der Waals surface area contributed by atoms with E-state index in [1.807, 2.05) is 0 Å². The second-order valence-corrected chi connectivity index (χ2v) is 12.0. The van der Waals surface area contributed by atoms with E-state index < -0.39 is 0 Å². The van der Waals surface area contributed by atoms with E-state index in [-0.39, 0.29) is 0 Å². The van der Waals surface area contributed by atoms with Gasteiger partial charge < -0.3 is 0 Å². The number of unbranched alkanes of at least 4 members (excludes halogenated alkanes) is 6. The molecule has 0 aliphatic heterocycles. The number of rotatable bonds is 13. The molecule has 196 valence electrons. The first-order chi connectivity index (χ1) is 17.8.